The van der Waals surface area contributed by atoms with E-state index in [-0.39, 0.29) is 18.2 Å². The Bertz CT molecular complexity index is 1050. The summed E-state index contributed by atoms with van der Waals surface area (Å²) in [5, 5.41) is 0. The molecule has 1 unspecified atom stereocenters. The van der Waals surface area contributed by atoms with Crippen LogP contribution in [-0.2, 0) is 11.3 Å². The lowest BCUT2D eigenvalue weighted by atomic mass is 9.95. The Morgan fingerprint density at radius 3 is 2.91 bits per heavy atom. The summed E-state index contributed by atoms with van der Waals surface area (Å²) in [6.45, 7) is 7.32. The Morgan fingerprint density at radius 2 is 2.15 bits per heavy atom. The van der Waals surface area contributed by atoms with Crippen LogP contribution >= 0.6 is 0 Å². The van der Waals surface area contributed by atoms with E-state index < -0.39 is 5.60 Å². The predicted molar refractivity (Wildman–Crippen MR) is 127 cm³/mol. The maximum Gasteiger partial charge on any atom is 0.410 e. The Labute approximate surface area is 193 Å². The molecule has 6 N–H and O–H groups in total. The van der Waals surface area contributed by atoms with Crippen molar-refractivity contribution in [2.24, 2.45) is 16.6 Å². The standard InChI is InChI=1S/C23H32N8O2/c1-23(2,3)33-22(32)31-9-5-8-16(13-31)20-28-21(30-29-20)18-19(25)26-12-17(27-18)15-7-4-6-14(10-15)11-24/h4,6-7,10,12,16,20,29H,5,8-9,11,13,24H2,1-3H3,(H2,25,26)(H,28,30)/t16?,20-/m0/s1. The summed E-state index contributed by atoms with van der Waals surface area (Å²) >= 11 is 0. The number of hydrogen-bond donors (Lipinski definition) is 4. The van der Waals surface area contributed by atoms with Gasteiger partial charge >= 0.3 is 6.09 Å². The monoisotopic (exact) mass is 452 g/mol. The number of piperidine rings is 1. The van der Waals surface area contributed by atoms with Gasteiger partial charge in [0.25, 0.3) is 0 Å². The minimum Gasteiger partial charge on any atom is -0.444 e. The summed E-state index contributed by atoms with van der Waals surface area (Å²) in [6, 6.07) is 7.86. The van der Waals surface area contributed by atoms with Crippen molar-refractivity contribution in [1.82, 2.24) is 25.7 Å². The molecule has 0 saturated carbocycles. The Hall–Kier alpha value is -3.24. The summed E-state index contributed by atoms with van der Waals surface area (Å²) in [7, 11) is 0. The van der Waals surface area contributed by atoms with Crippen molar-refractivity contribution in [2.45, 2.75) is 51.9 Å². The van der Waals surface area contributed by atoms with Crippen molar-refractivity contribution in [3.63, 3.8) is 0 Å². The van der Waals surface area contributed by atoms with Gasteiger partial charge in [0.2, 0.25) is 0 Å². The molecule has 1 amide bonds. The van der Waals surface area contributed by atoms with Crippen LogP contribution in [0.1, 0.15) is 44.9 Å². The zero-order chi connectivity index (χ0) is 23.6. The number of nitrogen functional groups attached to an aromatic ring is 1. The molecule has 10 nitrogen and oxygen atoms in total. The number of rotatable bonds is 4. The highest BCUT2D eigenvalue weighted by molar-refractivity contribution is 6.01. The maximum absolute atomic E-state index is 12.5. The van der Waals surface area contributed by atoms with E-state index in [0.29, 0.717) is 42.7 Å². The number of carbonyl (C=O) groups excluding carboxylic acids is 1. The number of likely N-dealkylation sites (tertiary alicyclic amines) is 1. The zero-order valence-electron chi connectivity index (χ0n) is 19.3. The normalized spacial score (nSPS) is 20.8. The van der Waals surface area contributed by atoms with Crippen LogP contribution in [0.5, 0.6) is 0 Å². The van der Waals surface area contributed by atoms with Gasteiger partial charge in [-0.3, -0.25) is 0 Å². The van der Waals surface area contributed by atoms with Crippen LogP contribution < -0.4 is 22.3 Å². The highest BCUT2D eigenvalue weighted by atomic mass is 16.6. The summed E-state index contributed by atoms with van der Waals surface area (Å²) in [6.07, 6.45) is 2.99. The van der Waals surface area contributed by atoms with Gasteiger partial charge in [0, 0.05) is 31.1 Å². The smallest absolute Gasteiger partial charge is 0.410 e. The second-order valence-electron chi connectivity index (χ2n) is 9.41. The Morgan fingerprint density at radius 1 is 1.33 bits per heavy atom. The van der Waals surface area contributed by atoms with Crippen LogP contribution in [0, 0.1) is 5.92 Å². The molecule has 0 aliphatic carbocycles. The molecule has 4 rings (SSSR count). The molecule has 1 aromatic heterocycles. The van der Waals surface area contributed by atoms with Crippen LogP contribution in [0.3, 0.4) is 0 Å². The van der Waals surface area contributed by atoms with Crippen molar-refractivity contribution in [3.05, 3.63) is 41.7 Å². The number of nitrogens with two attached hydrogens (primary N) is 2. The number of aromatic nitrogens is 2. The van der Waals surface area contributed by atoms with Gasteiger partial charge in [0.15, 0.2) is 11.7 Å². The largest absolute Gasteiger partial charge is 0.444 e. The molecule has 2 aromatic rings. The van der Waals surface area contributed by atoms with Crippen LogP contribution in [0.25, 0.3) is 11.3 Å². The number of nitrogens with one attached hydrogen (secondary N) is 2. The SMILES string of the molecule is CC(C)(C)OC(=O)N1CCCC([C@H]2N=C(c3nc(-c4cccc(CN)c4)cnc3N)NN2)C1. The summed E-state index contributed by atoms with van der Waals surface area (Å²) in [5.41, 5.74) is 20.8. The molecule has 0 bridgehead atoms. The molecule has 1 saturated heterocycles. The number of amidine groups is 1. The van der Waals surface area contributed by atoms with Gasteiger partial charge in [0.05, 0.1) is 11.9 Å². The average molecular weight is 453 g/mol. The quantitative estimate of drug-likeness (QED) is 0.551. The first-order chi connectivity index (χ1) is 15.7. The van der Waals surface area contributed by atoms with Crippen molar-refractivity contribution >= 4 is 17.7 Å². The van der Waals surface area contributed by atoms with E-state index in [1.54, 1.807) is 11.1 Å². The van der Waals surface area contributed by atoms with Crippen molar-refractivity contribution < 1.29 is 9.53 Å². The van der Waals surface area contributed by atoms with Gasteiger partial charge in [-0.1, -0.05) is 18.2 Å². The fourth-order valence-corrected chi connectivity index (χ4v) is 4.02. The molecule has 176 valence electrons. The number of aliphatic imine (C=N–C) groups is 1. The molecular weight excluding hydrogens is 420 g/mol. The fraction of sp³-hybridized carbons (Fsp3) is 0.478. The lowest BCUT2D eigenvalue weighted by Crippen LogP contribution is -2.48. The van der Waals surface area contributed by atoms with E-state index in [1.807, 2.05) is 45.0 Å². The minimum absolute atomic E-state index is 0.134. The van der Waals surface area contributed by atoms with Crippen LogP contribution in [0.15, 0.2) is 35.5 Å². The third-order valence-electron chi connectivity index (χ3n) is 5.65. The van der Waals surface area contributed by atoms with Gasteiger partial charge in [-0.15, -0.1) is 0 Å². The zero-order valence-corrected chi connectivity index (χ0v) is 19.3. The molecule has 0 spiro atoms. The van der Waals surface area contributed by atoms with E-state index in [4.69, 9.17) is 26.2 Å². The lowest BCUT2D eigenvalue weighted by molar-refractivity contribution is 0.0147. The molecule has 1 aromatic carbocycles. The highest BCUT2D eigenvalue weighted by Crippen LogP contribution is 2.25. The first-order valence-electron chi connectivity index (χ1n) is 11.2. The number of nitrogens with zero attached hydrogens (tertiary/aromatic N) is 4. The molecule has 1 fully saturated rings. The van der Waals surface area contributed by atoms with E-state index in [2.05, 4.69) is 15.8 Å². The van der Waals surface area contributed by atoms with Crippen molar-refractivity contribution in [2.75, 3.05) is 18.8 Å². The first-order valence-corrected chi connectivity index (χ1v) is 11.2. The summed E-state index contributed by atoms with van der Waals surface area (Å²) in [4.78, 5) is 28.1. The molecule has 10 heteroatoms. The number of anilines is 1. The number of amides is 1. The number of carbonyl (C=O) groups is 1. The first kappa shape index (κ1) is 22.9. The van der Waals surface area contributed by atoms with Gasteiger partial charge < -0.3 is 26.5 Å². The molecule has 0 radical (unpaired) electrons. The number of benzene rings is 1. The second-order valence-corrected chi connectivity index (χ2v) is 9.41. The molecule has 3 heterocycles. The minimum atomic E-state index is -0.520. The summed E-state index contributed by atoms with van der Waals surface area (Å²) < 4.78 is 5.54. The molecule has 33 heavy (non-hydrogen) atoms. The summed E-state index contributed by atoms with van der Waals surface area (Å²) in [5.74, 6) is 0.965. The van der Waals surface area contributed by atoms with Crippen LogP contribution in [0.4, 0.5) is 10.6 Å². The number of hydrazine groups is 1. The van der Waals surface area contributed by atoms with E-state index in [9.17, 15) is 4.79 Å². The van der Waals surface area contributed by atoms with Gasteiger partial charge in [0.1, 0.15) is 17.5 Å². The van der Waals surface area contributed by atoms with Gasteiger partial charge in [-0.05, 0) is 45.2 Å². The Kier molecular flexibility index (Phi) is 6.48. The number of hydrogen-bond acceptors (Lipinski definition) is 9. The third-order valence-corrected chi connectivity index (χ3v) is 5.65. The highest BCUT2D eigenvalue weighted by Gasteiger charge is 2.34. The third kappa shape index (κ3) is 5.40. The van der Waals surface area contributed by atoms with Crippen molar-refractivity contribution in [3.8, 4) is 11.3 Å². The lowest BCUT2D eigenvalue weighted by Gasteiger charge is -2.35. The average Bonchev–Trinajstić information content (AvgIpc) is 3.28. The van der Waals surface area contributed by atoms with Crippen molar-refractivity contribution in [1.29, 1.82) is 0 Å². The topological polar surface area (TPSA) is 144 Å². The fourth-order valence-electron chi connectivity index (χ4n) is 4.02. The molecule has 2 aliphatic heterocycles. The number of ether oxygens (including phenoxy) is 1. The van der Waals surface area contributed by atoms with E-state index in [1.165, 1.54) is 0 Å². The van der Waals surface area contributed by atoms with Gasteiger partial charge in [-0.25, -0.2) is 25.2 Å². The Balaban J connectivity index is 1.51. The van der Waals surface area contributed by atoms with Crippen LogP contribution in [-0.4, -0.2) is 51.7 Å². The van der Waals surface area contributed by atoms with Gasteiger partial charge in [-0.2, -0.15) is 0 Å². The maximum atomic E-state index is 12.5. The van der Waals surface area contributed by atoms with E-state index >= 15 is 0 Å². The van der Waals surface area contributed by atoms with Crippen LogP contribution in [0.2, 0.25) is 0 Å². The van der Waals surface area contributed by atoms with E-state index in [0.717, 1.165) is 24.0 Å². The molecule has 2 atom stereocenters. The molecule has 2 aliphatic rings. The molecular formula is C23H32N8O2. The predicted octanol–water partition coefficient (Wildman–Crippen LogP) is 2.01. The second kappa shape index (κ2) is 9.32.